The Labute approximate surface area is 203 Å². The Kier molecular flexibility index (Phi) is 8.39. The fourth-order valence-electron chi connectivity index (χ4n) is 3.46. The highest BCUT2D eigenvalue weighted by Crippen LogP contribution is 2.31. The molecule has 1 aliphatic rings. The number of para-hydroxylation sites is 1. The van der Waals surface area contributed by atoms with Gasteiger partial charge in [0.25, 0.3) is 0 Å². The van der Waals surface area contributed by atoms with Crippen LogP contribution in [0.2, 0.25) is 0 Å². The Bertz CT molecular complexity index is 958. The predicted octanol–water partition coefficient (Wildman–Crippen LogP) is 4.47. The third-order valence-corrected chi connectivity index (χ3v) is 6.23. The molecule has 31 heavy (non-hydrogen) atoms. The van der Waals surface area contributed by atoms with Crippen molar-refractivity contribution in [3.8, 4) is 5.75 Å². The normalized spacial score (nSPS) is 17.6. The Morgan fingerprint density at radius 2 is 2.10 bits per heavy atom. The summed E-state index contributed by atoms with van der Waals surface area (Å²) in [5.74, 6) is 2.49. The maximum absolute atomic E-state index is 10.9. The van der Waals surface area contributed by atoms with E-state index in [1.165, 1.54) is 11.3 Å². The molecular weight excluding hydrogens is 525 g/mol. The number of nitrogens with one attached hydrogen (secondary N) is 2. The van der Waals surface area contributed by atoms with Gasteiger partial charge in [-0.05, 0) is 36.6 Å². The average Bonchev–Trinajstić information content (AvgIpc) is 3.47. The molecule has 0 radical (unpaired) electrons. The van der Waals surface area contributed by atoms with Crippen molar-refractivity contribution in [3.05, 3.63) is 76.4 Å². The molecule has 3 aromatic rings. The molecule has 0 saturated heterocycles. The van der Waals surface area contributed by atoms with Gasteiger partial charge in [0.2, 0.25) is 0 Å². The molecule has 3 heterocycles. The van der Waals surface area contributed by atoms with Crippen molar-refractivity contribution in [2.24, 2.45) is 4.99 Å². The lowest BCUT2D eigenvalue weighted by atomic mass is 10.0. The second-order valence-corrected chi connectivity index (χ2v) is 8.49. The molecule has 2 aromatic heterocycles. The summed E-state index contributed by atoms with van der Waals surface area (Å²) in [6, 6.07) is 15.9. The molecular formula is C23H28IN3O3S. The molecule has 0 saturated carbocycles. The molecule has 0 amide bonds. The van der Waals surface area contributed by atoms with Gasteiger partial charge >= 0.3 is 0 Å². The fourth-order valence-corrected chi connectivity index (χ4v) is 4.24. The summed E-state index contributed by atoms with van der Waals surface area (Å²) in [5, 5.41) is 19.8. The van der Waals surface area contributed by atoms with E-state index in [-0.39, 0.29) is 36.6 Å². The second-order valence-electron chi connectivity index (χ2n) is 7.54. The van der Waals surface area contributed by atoms with Gasteiger partial charge in [-0.15, -0.1) is 35.3 Å². The van der Waals surface area contributed by atoms with Crippen LogP contribution in [0.15, 0.2) is 69.6 Å². The lowest BCUT2D eigenvalue weighted by molar-refractivity contribution is 0.0711. The zero-order chi connectivity index (χ0) is 20.8. The molecule has 166 valence electrons. The first-order chi connectivity index (χ1) is 14.6. The van der Waals surface area contributed by atoms with Gasteiger partial charge in [-0.1, -0.05) is 24.3 Å². The van der Waals surface area contributed by atoms with Crippen LogP contribution in [0.25, 0.3) is 0 Å². The Balaban J connectivity index is 0.00000272. The van der Waals surface area contributed by atoms with Gasteiger partial charge in [0.05, 0.1) is 25.5 Å². The van der Waals surface area contributed by atoms with Crippen LogP contribution in [0.1, 0.15) is 35.6 Å². The van der Waals surface area contributed by atoms with Crippen LogP contribution in [0, 0.1) is 0 Å². The van der Waals surface area contributed by atoms with Gasteiger partial charge in [0, 0.05) is 29.8 Å². The minimum absolute atomic E-state index is 0. The number of halogens is 1. The first kappa shape index (κ1) is 23.6. The highest BCUT2D eigenvalue weighted by atomic mass is 127. The van der Waals surface area contributed by atoms with Crippen LogP contribution in [0.3, 0.4) is 0 Å². The molecule has 3 N–H and O–H groups in total. The molecule has 0 fully saturated rings. The largest absolute Gasteiger partial charge is 0.493 e. The molecule has 0 aliphatic carbocycles. The van der Waals surface area contributed by atoms with E-state index < -0.39 is 5.60 Å². The van der Waals surface area contributed by atoms with Gasteiger partial charge in [-0.3, -0.25) is 0 Å². The number of hydrogen-bond acceptors (Lipinski definition) is 5. The second kappa shape index (κ2) is 11.0. The van der Waals surface area contributed by atoms with E-state index in [2.05, 4.69) is 16.7 Å². The summed E-state index contributed by atoms with van der Waals surface area (Å²) in [6.07, 6.45) is 3.27. The van der Waals surface area contributed by atoms with Crippen molar-refractivity contribution in [1.29, 1.82) is 0 Å². The van der Waals surface area contributed by atoms with Crippen molar-refractivity contribution in [3.63, 3.8) is 0 Å². The van der Waals surface area contributed by atoms with Crippen LogP contribution in [0.5, 0.6) is 5.75 Å². The highest BCUT2D eigenvalue weighted by molar-refractivity contribution is 14.0. The van der Waals surface area contributed by atoms with Gasteiger partial charge in [-0.25, -0.2) is 4.99 Å². The van der Waals surface area contributed by atoms with Crippen LogP contribution < -0.4 is 15.4 Å². The van der Waals surface area contributed by atoms with Crippen LogP contribution in [-0.4, -0.2) is 30.8 Å². The minimum atomic E-state index is -1.02. The van der Waals surface area contributed by atoms with Crippen LogP contribution >= 0.6 is 35.3 Å². The first-order valence-electron chi connectivity index (χ1n) is 10.2. The number of fused-ring (bicyclic) bond motifs is 1. The Morgan fingerprint density at radius 3 is 2.87 bits per heavy atom. The van der Waals surface area contributed by atoms with E-state index in [0.717, 1.165) is 34.8 Å². The van der Waals surface area contributed by atoms with Crippen molar-refractivity contribution in [2.45, 2.75) is 31.4 Å². The predicted molar refractivity (Wildman–Crippen MR) is 134 cm³/mol. The quantitative estimate of drug-likeness (QED) is 0.229. The number of benzene rings is 1. The van der Waals surface area contributed by atoms with Crippen molar-refractivity contribution in [1.82, 2.24) is 10.6 Å². The van der Waals surface area contributed by atoms with Gasteiger partial charge in [-0.2, -0.15) is 0 Å². The smallest absolute Gasteiger partial charge is 0.191 e. The van der Waals surface area contributed by atoms with E-state index in [9.17, 15) is 5.11 Å². The summed E-state index contributed by atoms with van der Waals surface area (Å²) in [6.45, 7) is 3.38. The minimum Gasteiger partial charge on any atom is -0.493 e. The molecule has 6 nitrogen and oxygen atoms in total. The van der Waals surface area contributed by atoms with Gasteiger partial charge in [0.15, 0.2) is 5.96 Å². The van der Waals surface area contributed by atoms with Gasteiger partial charge in [0.1, 0.15) is 17.1 Å². The van der Waals surface area contributed by atoms with E-state index in [4.69, 9.17) is 14.1 Å². The van der Waals surface area contributed by atoms with Crippen LogP contribution in [0.4, 0.5) is 0 Å². The van der Waals surface area contributed by atoms with Crippen molar-refractivity contribution >= 4 is 41.3 Å². The number of ether oxygens (including phenoxy) is 1. The molecule has 0 bridgehead atoms. The lowest BCUT2D eigenvalue weighted by Crippen LogP contribution is -2.42. The Hall–Kier alpha value is -2.04. The number of hydrogen-bond donors (Lipinski definition) is 3. The average molecular weight is 553 g/mol. The number of aliphatic hydroxyl groups is 1. The molecule has 8 heteroatoms. The topological polar surface area (TPSA) is 79.0 Å². The van der Waals surface area contributed by atoms with Crippen molar-refractivity contribution < 1.29 is 14.3 Å². The molecule has 2 atom stereocenters. The van der Waals surface area contributed by atoms with E-state index in [0.29, 0.717) is 19.1 Å². The number of nitrogens with zero attached hydrogens (tertiary/aromatic N) is 1. The number of furan rings is 1. The molecule has 0 spiro atoms. The molecule has 1 aromatic carbocycles. The molecule has 2 unspecified atom stereocenters. The zero-order valence-corrected chi connectivity index (χ0v) is 20.6. The third kappa shape index (κ3) is 6.24. The lowest BCUT2D eigenvalue weighted by Gasteiger charge is -2.28. The standard InChI is InChI=1S/C23H27N3O3S.HI/c1-23(27,21-9-5-15-30-21)16-25-22(24-12-10-17-6-4-13-28-17)26-19-11-14-29-20-8-3-2-7-18(19)20;/h2-9,13,15,19,27H,10-12,14,16H2,1H3,(H2,24,25,26);1H. The maximum Gasteiger partial charge on any atom is 0.191 e. The van der Waals surface area contributed by atoms with Crippen LogP contribution in [-0.2, 0) is 12.0 Å². The van der Waals surface area contributed by atoms with E-state index in [1.807, 2.05) is 47.8 Å². The van der Waals surface area contributed by atoms with Gasteiger partial charge < -0.3 is 24.9 Å². The number of thiophene rings is 1. The third-order valence-electron chi connectivity index (χ3n) is 5.11. The SMILES string of the molecule is CC(O)(CN=C(NCCc1ccco1)NC1CCOc2ccccc21)c1cccs1.I. The van der Waals surface area contributed by atoms with E-state index in [1.54, 1.807) is 13.2 Å². The number of guanidine groups is 1. The number of aliphatic imine (C=N–C) groups is 1. The summed E-state index contributed by atoms with van der Waals surface area (Å²) in [7, 11) is 0. The summed E-state index contributed by atoms with van der Waals surface area (Å²) in [5.41, 5.74) is 0.103. The summed E-state index contributed by atoms with van der Waals surface area (Å²) < 4.78 is 11.2. The summed E-state index contributed by atoms with van der Waals surface area (Å²) in [4.78, 5) is 5.62. The fraction of sp³-hybridized carbons (Fsp3) is 0.348. The Morgan fingerprint density at radius 1 is 1.23 bits per heavy atom. The van der Waals surface area contributed by atoms with E-state index >= 15 is 0 Å². The molecule has 4 rings (SSSR count). The summed E-state index contributed by atoms with van der Waals surface area (Å²) >= 11 is 1.54. The van der Waals surface area contributed by atoms with Crippen molar-refractivity contribution in [2.75, 3.05) is 19.7 Å². The zero-order valence-electron chi connectivity index (χ0n) is 17.4. The molecule has 1 aliphatic heterocycles. The number of rotatable bonds is 7. The monoisotopic (exact) mass is 553 g/mol. The highest BCUT2D eigenvalue weighted by Gasteiger charge is 2.25. The first-order valence-corrected chi connectivity index (χ1v) is 11.0. The maximum atomic E-state index is 10.9.